The average molecular weight is 257 g/mol. The van der Waals surface area contributed by atoms with Gasteiger partial charge in [0.15, 0.2) is 0 Å². The van der Waals surface area contributed by atoms with Crippen molar-refractivity contribution in [3.8, 4) is 0 Å². The molecule has 2 N–H and O–H groups in total. The fraction of sp³-hybridized carbons (Fsp3) is 0.400. The number of nitrogens with two attached hydrogens (primary N) is 1. The molecule has 0 aromatic heterocycles. The van der Waals surface area contributed by atoms with E-state index in [0.717, 1.165) is 18.2 Å². The van der Waals surface area contributed by atoms with Crippen LogP contribution in [0.1, 0.15) is 23.6 Å². The van der Waals surface area contributed by atoms with Crippen LogP contribution in [0, 0.1) is 0 Å². The third-order valence-electron chi connectivity index (χ3n) is 2.09. The minimum absolute atomic E-state index is 0.183. The number of alkyl halides is 6. The SMILES string of the molecule is NC(CC(F)(F)F)c1cccc(C(F)(F)F)c1. The molecule has 96 valence electrons. The Morgan fingerprint density at radius 2 is 1.65 bits per heavy atom. The summed E-state index contributed by atoms with van der Waals surface area (Å²) >= 11 is 0. The molecule has 0 amide bonds. The first-order valence-corrected chi connectivity index (χ1v) is 4.59. The predicted octanol–water partition coefficient (Wildman–Crippen LogP) is 3.66. The third kappa shape index (κ3) is 4.26. The fourth-order valence-corrected chi connectivity index (χ4v) is 1.31. The van der Waals surface area contributed by atoms with Gasteiger partial charge >= 0.3 is 12.4 Å². The monoisotopic (exact) mass is 257 g/mol. The lowest BCUT2D eigenvalue weighted by Gasteiger charge is -2.16. The van der Waals surface area contributed by atoms with Crippen LogP contribution in [-0.4, -0.2) is 6.18 Å². The van der Waals surface area contributed by atoms with Crippen molar-refractivity contribution in [3.05, 3.63) is 35.4 Å². The Balaban J connectivity index is 2.92. The number of benzene rings is 1. The highest BCUT2D eigenvalue weighted by atomic mass is 19.4. The van der Waals surface area contributed by atoms with Gasteiger partial charge < -0.3 is 5.73 Å². The first-order chi connectivity index (χ1) is 7.59. The Bertz CT molecular complexity index is 381. The van der Waals surface area contributed by atoms with E-state index in [0.29, 0.717) is 6.07 Å². The Labute approximate surface area is 93.2 Å². The summed E-state index contributed by atoms with van der Waals surface area (Å²) in [6, 6.07) is 2.11. The summed E-state index contributed by atoms with van der Waals surface area (Å²) in [5, 5.41) is 0. The molecule has 7 heteroatoms. The van der Waals surface area contributed by atoms with Crippen molar-refractivity contribution >= 4 is 0 Å². The van der Waals surface area contributed by atoms with E-state index >= 15 is 0 Å². The van der Waals surface area contributed by atoms with Gasteiger partial charge in [-0.3, -0.25) is 0 Å². The van der Waals surface area contributed by atoms with Gasteiger partial charge in [0.2, 0.25) is 0 Å². The second-order valence-corrected chi connectivity index (χ2v) is 3.55. The largest absolute Gasteiger partial charge is 0.416 e. The van der Waals surface area contributed by atoms with Gasteiger partial charge in [-0.15, -0.1) is 0 Å². The van der Waals surface area contributed by atoms with Crippen LogP contribution in [0.4, 0.5) is 26.3 Å². The Morgan fingerprint density at radius 1 is 1.06 bits per heavy atom. The predicted molar refractivity (Wildman–Crippen MR) is 49.0 cm³/mol. The van der Waals surface area contributed by atoms with Crippen molar-refractivity contribution in [1.82, 2.24) is 0 Å². The standard InChI is InChI=1S/C10H9F6N/c11-9(12,13)5-8(17)6-2-1-3-7(4-6)10(14,15)16/h1-4,8H,5,17H2. The summed E-state index contributed by atoms with van der Waals surface area (Å²) in [6.07, 6.45) is -10.4. The molecule has 0 aliphatic rings. The maximum atomic E-state index is 12.3. The van der Waals surface area contributed by atoms with Crippen LogP contribution < -0.4 is 5.73 Å². The van der Waals surface area contributed by atoms with E-state index in [4.69, 9.17) is 5.73 Å². The zero-order chi connectivity index (χ0) is 13.3. The van der Waals surface area contributed by atoms with Gasteiger partial charge in [0.25, 0.3) is 0 Å². The minimum atomic E-state index is -4.59. The molecule has 1 aromatic carbocycles. The second-order valence-electron chi connectivity index (χ2n) is 3.55. The van der Waals surface area contributed by atoms with Crippen molar-refractivity contribution in [2.24, 2.45) is 5.73 Å². The lowest BCUT2D eigenvalue weighted by Crippen LogP contribution is -2.20. The molecule has 0 bridgehead atoms. The molecule has 17 heavy (non-hydrogen) atoms. The quantitative estimate of drug-likeness (QED) is 0.804. The van der Waals surface area contributed by atoms with Gasteiger partial charge in [-0.1, -0.05) is 12.1 Å². The van der Waals surface area contributed by atoms with Gasteiger partial charge in [-0.2, -0.15) is 26.3 Å². The molecule has 0 saturated heterocycles. The molecule has 1 nitrogen and oxygen atoms in total. The molecule has 1 unspecified atom stereocenters. The van der Waals surface area contributed by atoms with Crippen molar-refractivity contribution < 1.29 is 26.3 Å². The second kappa shape index (κ2) is 4.56. The van der Waals surface area contributed by atoms with Crippen LogP contribution in [0.3, 0.4) is 0 Å². The van der Waals surface area contributed by atoms with Gasteiger partial charge in [0, 0.05) is 6.04 Å². The highest BCUT2D eigenvalue weighted by molar-refractivity contribution is 5.27. The van der Waals surface area contributed by atoms with Crippen LogP contribution in [0.2, 0.25) is 0 Å². The van der Waals surface area contributed by atoms with E-state index in [2.05, 4.69) is 0 Å². The molecule has 1 rings (SSSR count). The number of hydrogen-bond acceptors (Lipinski definition) is 1. The fourth-order valence-electron chi connectivity index (χ4n) is 1.31. The first kappa shape index (κ1) is 13.8. The lowest BCUT2D eigenvalue weighted by molar-refractivity contribution is -0.138. The van der Waals surface area contributed by atoms with E-state index in [-0.39, 0.29) is 5.56 Å². The summed E-state index contributed by atoms with van der Waals surface area (Å²) in [5.74, 6) is 0. The van der Waals surface area contributed by atoms with E-state index < -0.39 is 30.4 Å². The summed E-state index contributed by atoms with van der Waals surface area (Å²) in [6.45, 7) is 0. The Hall–Kier alpha value is -1.24. The highest BCUT2D eigenvalue weighted by Crippen LogP contribution is 2.33. The summed E-state index contributed by atoms with van der Waals surface area (Å²) in [4.78, 5) is 0. The van der Waals surface area contributed by atoms with Crippen molar-refractivity contribution in [2.75, 3.05) is 0 Å². The summed E-state index contributed by atoms with van der Waals surface area (Å²) in [5.41, 5.74) is 4.02. The number of hydrogen-bond donors (Lipinski definition) is 1. The normalized spacial score (nSPS) is 14.8. The van der Waals surface area contributed by atoms with Crippen LogP contribution in [0.5, 0.6) is 0 Å². The minimum Gasteiger partial charge on any atom is -0.324 e. The van der Waals surface area contributed by atoms with E-state index in [1.807, 2.05) is 0 Å². The Morgan fingerprint density at radius 3 is 2.12 bits per heavy atom. The molecule has 0 heterocycles. The van der Waals surface area contributed by atoms with Crippen LogP contribution in [-0.2, 0) is 6.18 Å². The third-order valence-corrected chi connectivity index (χ3v) is 2.09. The van der Waals surface area contributed by atoms with E-state index in [1.165, 1.54) is 0 Å². The maximum Gasteiger partial charge on any atom is 0.416 e. The van der Waals surface area contributed by atoms with E-state index in [9.17, 15) is 26.3 Å². The molecule has 1 aromatic rings. The maximum absolute atomic E-state index is 12.3. The molecular weight excluding hydrogens is 248 g/mol. The molecule has 0 spiro atoms. The van der Waals surface area contributed by atoms with Gasteiger partial charge in [-0.05, 0) is 17.7 Å². The average Bonchev–Trinajstić information content (AvgIpc) is 2.14. The van der Waals surface area contributed by atoms with Crippen molar-refractivity contribution in [1.29, 1.82) is 0 Å². The molecular formula is C10H9F6N. The number of halogens is 6. The van der Waals surface area contributed by atoms with E-state index in [1.54, 1.807) is 0 Å². The molecule has 0 fully saturated rings. The molecule has 0 radical (unpaired) electrons. The smallest absolute Gasteiger partial charge is 0.324 e. The van der Waals surface area contributed by atoms with Crippen molar-refractivity contribution in [2.45, 2.75) is 24.8 Å². The molecule has 0 aliphatic carbocycles. The molecule has 0 aliphatic heterocycles. The van der Waals surface area contributed by atoms with Crippen LogP contribution >= 0.6 is 0 Å². The topological polar surface area (TPSA) is 26.0 Å². The summed E-state index contributed by atoms with van der Waals surface area (Å²) < 4.78 is 73.0. The first-order valence-electron chi connectivity index (χ1n) is 4.59. The molecule has 1 atom stereocenters. The highest BCUT2D eigenvalue weighted by Gasteiger charge is 2.33. The lowest BCUT2D eigenvalue weighted by atomic mass is 10.0. The van der Waals surface area contributed by atoms with Crippen LogP contribution in [0.15, 0.2) is 24.3 Å². The van der Waals surface area contributed by atoms with Crippen LogP contribution in [0.25, 0.3) is 0 Å². The number of rotatable bonds is 2. The zero-order valence-corrected chi connectivity index (χ0v) is 8.44. The summed E-state index contributed by atoms with van der Waals surface area (Å²) in [7, 11) is 0. The van der Waals surface area contributed by atoms with Gasteiger partial charge in [0.05, 0.1) is 12.0 Å². The van der Waals surface area contributed by atoms with Gasteiger partial charge in [-0.25, -0.2) is 0 Å². The van der Waals surface area contributed by atoms with Gasteiger partial charge in [0.1, 0.15) is 0 Å². The zero-order valence-electron chi connectivity index (χ0n) is 8.44. The Kier molecular flexibility index (Phi) is 3.71. The molecule has 0 saturated carbocycles. The van der Waals surface area contributed by atoms with Crippen molar-refractivity contribution in [3.63, 3.8) is 0 Å².